The molecule has 0 saturated heterocycles. The lowest BCUT2D eigenvalue weighted by Gasteiger charge is -2.31. The summed E-state index contributed by atoms with van der Waals surface area (Å²) in [5.74, 6) is 0. The number of benzene rings is 9. The van der Waals surface area contributed by atoms with Gasteiger partial charge in [-0.3, -0.25) is 0 Å². The standard InChI is InChI=1S/C54H39N3S/c1-6-20-41(21-7-1)55(42-22-8-2-9-23-42)47-36-40(37-48(38-47)56(43-24-10-3-11-25-43)44-26-12-4-13-27-44)49-30-16-18-32-52(49)57(45-28-14-5-15-29-45)46-34-35-51-50-31-17-19-33-53(50)58-54(51)39-46/h1-39H. The van der Waals surface area contributed by atoms with Crippen molar-refractivity contribution in [3.63, 3.8) is 0 Å². The monoisotopic (exact) mass is 761 g/mol. The molecule has 0 N–H and O–H groups in total. The zero-order valence-corrected chi connectivity index (χ0v) is 32.6. The van der Waals surface area contributed by atoms with Crippen LogP contribution >= 0.6 is 11.3 Å². The first-order valence-corrected chi connectivity index (χ1v) is 20.4. The number of nitrogens with zero attached hydrogens (tertiary/aromatic N) is 3. The van der Waals surface area contributed by atoms with Gasteiger partial charge in [0.25, 0.3) is 0 Å². The van der Waals surface area contributed by atoms with Crippen LogP contribution in [-0.4, -0.2) is 0 Å². The summed E-state index contributed by atoms with van der Waals surface area (Å²) in [6, 6.07) is 84.8. The van der Waals surface area contributed by atoms with Crippen molar-refractivity contribution in [1.29, 1.82) is 0 Å². The number of hydrogen-bond donors (Lipinski definition) is 0. The second-order valence-corrected chi connectivity index (χ2v) is 15.3. The molecule has 0 aliphatic heterocycles. The van der Waals surface area contributed by atoms with Gasteiger partial charge in [0.2, 0.25) is 0 Å². The number of anilines is 9. The molecule has 1 aromatic heterocycles. The van der Waals surface area contributed by atoms with Gasteiger partial charge < -0.3 is 14.7 Å². The number of thiophene rings is 1. The van der Waals surface area contributed by atoms with Crippen molar-refractivity contribution in [2.24, 2.45) is 0 Å². The normalized spacial score (nSPS) is 11.1. The fraction of sp³-hybridized carbons (Fsp3) is 0. The second kappa shape index (κ2) is 15.6. The van der Waals surface area contributed by atoms with Gasteiger partial charge in [0.05, 0.1) is 5.69 Å². The van der Waals surface area contributed by atoms with Gasteiger partial charge in [-0.2, -0.15) is 0 Å². The molecular formula is C54H39N3S. The van der Waals surface area contributed by atoms with Crippen LogP contribution in [0.4, 0.5) is 51.2 Å². The minimum Gasteiger partial charge on any atom is -0.310 e. The van der Waals surface area contributed by atoms with Crippen LogP contribution < -0.4 is 14.7 Å². The van der Waals surface area contributed by atoms with E-state index < -0.39 is 0 Å². The maximum absolute atomic E-state index is 2.41. The number of hydrogen-bond acceptors (Lipinski definition) is 4. The lowest BCUT2D eigenvalue weighted by atomic mass is 9.99. The molecule has 10 rings (SSSR count). The van der Waals surface area contributed by atoms with Gasteiger partial charge in [-0.1, -0.05) is 133 Å². The number of rotatable bonds is 10. The van der Waals surface area contributed by atoms with Crippen LogP contribution in [0.5, 0.6) is 0 Å². The van der Waals surface area contributed by atoms with Crippen LogP contribution in [0.15, 0.2) is 237 Å². The largest absolute Gasteiger partial charge is 0.310 e. The highest BCUT2D eigenvalue weighted by atomic mass is 32.1. The van der Waals surface area contributed by atoms with Gasteiger partial charge in [-0.25, -0.2) is 0 Å². The fourth-order valence-corrected chi connectivity index (χ4v) is 9.12. The van der Waals surface area contributed by atoms with Gasteiger partial charge in [-0.05, 0) is 109 Å². The van der Waals surface area contributed by atoms with Gasteiger partial charge >= 0.3 is 0 Å². The molecule has 9 aromatic carbocycles. The maximum atomic E-state index is 2.41. The number of para-hydroxylation sites is 6. The highest BCUT2D eigenvalue weighted by Crippen LogP contribution is 2.47. The van der Waals surface area contributed by atoms with E-state index in [1.165, 1.54) is 20.2 Å². The molecule has 0 aliphatic rings. The van der Waals surface area contributed by atoms with E-state index in [4.69, 9.17) is 0 Å². The average molecular weight is 762 g/mol. The highest BCUT2D eigenvalue weighted by Gasteiger charge is 2.23. The molecule has 10 aromatic rings. The van der Waals surface area contributed by atoms with Crippen LogP contribution in [0.1, 0.15) is 0 Å². The Morgan fingerprint density at radius 1 is 0.259 bits per heavy atom. The maximum Gasteiger partial charge on any atom is 0.0540 e. The second-order valence-electron chi connectivity index (χ2n) is 14.2. The summed E-state index contributed by atoms with van der Waals surface area (Å²) in [4.78, 5) is 7.12. The zero-order valence-electron chi connectivity index (χ0n) is 31.8. The molecule has 0 bridgehead atoms. The summed E-state index contributed by atoms with van der Waals surface area (Å²) in [5, 5.41) is 2.58. The third-order valence-electron chi connectivity index (χ3n) is 10.6. The Morgan fingerprint density at radius 3 is 1.19 bits per heavy atom. The van der Waals surface area contributed by atoms with Gasteiger partial charge in [-0.15, -0.1) is 11.3 Å². The molecule has 58 heavy (non-hydrogen) atoms. The molecule has 0 saturated carbocycles. The first kappa shape index (κ1) is 35.0. The summed E-state index contributed by atoms with van der Waals surface area (Å²) in [7, 11) is 0. The molecule has 276 valence electrons. The molecule has 4 heteroatoms. The molecule has 0 radical (unpaired) electrons. The third kappa shape index (κ3) is 6.76. The number of fused-ring (bicyclic) bond motifs is 3. The molecule has 0 aliphatic carbocycles. The van der Waals surface area contributed by atoms with Crippen molar-refractivity contribution in [2.75, 3.05) is 14.7 Å². The van der Waals surface area contributed by atoms with E-state index >= 15 is 0 Å². The van der Waals surface area contributed by atoms with Crippen molar-refractivity contribution in [1.82, 2.24) is 0 Å². The smallest absolute Gasteiger partial charge is 0.0540 e. The van der Waals surface area contributed by atoms with Crippen molar-refractivity contribution in [3.05, 3.63) is 237 Å². The highest BCUT2D eigenvalue weighted by molar-refractivity contribution is 7.25. The summed E-state index contributed by atoms with van der Waals surface area (Å²) in [5.41, 5.74) is 11.9. The van der Waals surface area contributed by atoms with E-state index in [0.29, 0.717) is 0 Å². The molecule has 1 heterocycles. The molecule has 0 amide bonds. The van der Waals surface area contributed by atoms with Crippen molar-refractivity contribution in [3.8, 4) is 11.1 Å². The van der Waals surface area contributed by atoms with E-state index in [2.05, 4.69) is 251 Å². The first-order valence-electron chi connectivity index (χ1n) is 19.6. The SMILES string of the molecule is c1ccc(N(c2ccccc2)c2cc(-c3ccccc3N(c3ccccc3)c3ccc4c(c3)sc3ccccc34)cc(N(c3ccccc3)c3ccccc3)c2)cc1. The molecule has 0 unspecified atom stereocenters. The first-order chi connectivity index (χ1) is 28.8. The predicted octanol–water partition coefficient (Wildman–Crippen LogP) is 16.1. The zero-order chi connectivity index (χ0) is 38.7. The Labute approximate surface area is 343 Å². The van der Waals surface area contributed by atoms with Crippen LogP contribution in [0.3, 0.4) is 0 Å². The summed E-state index contributed by atoms with van der Waals surface area (Å²) >= 11 is 1.85. The van der Waals surface area contributed by atoms with Gasteiger partial charge in [0.15, 0.2) is 0 Å². The average Bonchev–Trinajstić information content (AvgIpc) is 3.67. The topological polar surface area (TPSA) is 9.72 Å². The molecule has 0 fully saturated rings. The van der Waals surface area contributed by atoms with Gasteiger partial charge in [0, 0.05) is 71.2 Å². The Hall–Kier alpha value is -7.40. The fourth-order valence-electron chi connectivity index (χ4n) is 7.98. The molecule has 0 atom stereocenters. The quantitative estimate of drug-likeness (QED) is 0.137. The van der Waals surface area contributed by atoms with Gasteiger partial charge in [0.1, 0.15) is 0 Å². The Morgan fingerprint density at radius 2 is 0.672 bits per heavy atom. The Kier molecular flexibility index (Phi) is 9.44. The minimum atomic E-state index is 1.05. The van der Waals surface area contributed by atoms with Crippen molar-refractivity contribution >= 4 is 82.7 Å². The third-order valence-corrected chi connectivity index (χ3v) is 11.7. The van der Waals surface area contributed by atoms with E-state index in [9.17, 15) is 0 Å². The summed E-state index contributed by atoms with van der Waals surface area (Å²) in [6.07, 6.45) is 0. The predicted molar refractivity (Wildman–Crippen MR) is 249 cm³/mol. The van der Waals surface area contributed by atoms with Crippen molar-refractivity contribution < 1.29 is 0 Å². The molecule has 3 nitrogen and oxygen atoms in total. The van der Waals surface area contributed by atoms with Crippen LogP contribution in [0.2, 0.25) is 0 Å². The van der Waals surface area contributed by atoms with Crippen LogP contribution in [0, 0.1) is 0 Å². The Bertz CT molecular complexity index is 2770. The summed E-state index contributed by atoms with van der Waals surface area (Å²) in [6.45, 7) is 0. The van der Waals surface area contributed by atoms with E-state index in [0.717, 1.165) is 62.3 Å². The Balaban J connectivity index is 1.23. The van der Waals surface area contributed by atoms with E-state index in [1.807, 2.05) is 11.3 Å². The lowest BCUT2D eigenvalue weighted by Crippen LogP contribution is -2.14. The molecule has 0 spiro atoms. The minimum absolute atomic E-state index is 1.05. The summed E-state index contributed by atoms with van der Waals surface area (Å²) < 4.78 is 2.57. The van der Waals surface area contributed by atoms with Crippen molar-refractivity contribution in [2.45, 2.75) is 0 Å². The molecular weight excluding hydrogens is 723 g/mol. The van der Waals surface area contributed by atoms with E-state index in [-0.39, 0.29) is 0 Å². The van der Waals surface area contributed by atoms with E-state index in [1.54, 1.807) is 0 Å². The van der Waals surface area contributed by atoms with Crippen LogP contribution in [-0.2, 0) is 0 Å². The van der Waals surface area contributed by atoms with Crippen LogP contribution in [0.25, 0.3) is 31.3 Å². The lowest BCUT2D eigenvalue weighted by molar-refractivity contribution is 1.25.